The molecule has 1 aliphatic rings. The lowest BCUT2D eigenvalue weighted by atomic mass is 10.2. The third-order valence-corrected chi connectivity index (χ3v) is 6.52. The summed E-state index contributed by atoms with van der Waals surface area (Å²) in [6, 6.07) is 8.36. The zero-order valence-corrected chi connectivity index (χ0v) is 16.3. The van der Waals surface area contributed by atoms with E-state index < -0.39 is 0 Å². The summed E-state index contributed by atoms with van der Waals surface area (Å²) < 4.78 is 1.58. The number of benzene rings is 1. The molecule has 1 N–H and O–H groups in total. The minimum atomic E-state index is 0.302. The van der Waals surface area contributed by atoms with E-state index >= 15 is 0 Å². The number of thiazole rings is 1. The minimum absolute atomic E-state index is 0.302. The van der Waals surface area contributed by atoms with Gasteiger partial charge in [-0.2, -0.15) is 11.8 Å². The molecular weight excluding hydrogens is 336 g/mol. The average molecular weight is 363 g/mol. The van der Waals surface area contributed by atoms with E-state index in [1.807, 2.05) is 30.1 Å². The van der Waals surface area contributed by atoms with Gasteiger partial charge in [0.1, 0.15) is 0 Å². The number of thioether (sulfide) groups is 1. The summed E-state index contributed by atoms with van der Waals surface area (Å²) in [5.74, 6) is 2.20. The smallest absolute Gasteiger partial charge is 0.193 e. The fourth-order valence-corrected chi connectivity index (χ4v) is 5.12. The zero-order chi connectivity index (χ0) is 17.0. The van der Waals surface area contributed by atoms with Gasteiger partial charge in [0, 0.05) is 43.6 Å². The van der Waals surface area contributed by atoms with Crippen LogP contribution in [0, 0.1) is 0 Å². The molecule has 1 saturated heterocycles. The first-order chi connectivity index (χ1) is 11.6. The Balaban J connectivity index is 1.48. The van der Waals surface area contributed by atoms with Crippen molar-refractivity contribution in [2.24, 2.45) is 4.99 Å². The van der Waals surface area contributed by atoms with Crippen LogP contribution < -0.4 is 5.32 Å². The van der Waals surface area contributed by atoms with Crippen molar-refractivity contribution in [2.75, 3.05) is 32.4 Å². The number of hydrogen-bond acceptors (Lipinski definition) is 4. The second-order valence-corrected chi connectivity index (χ2v) is 9.60. The SMILES string of the molecule is CN=C(NCCCc1nc2ccccc2s1)N1CCSC(C)(C)C1. The first-order valence-corrected chi connectivity index (χ1v) is 10.3. The second-order valence-electron chi connectivity index (χ2n) is 6.68. The lowest BCUT2D eigenvalue weighted by Crippen LogP contribution is -2.51. The average Bonchev–Trinajstić information content (AvgIpc) is 2.96. The number of hydrogen-bond donors (Lipinski definition) is 1. The van der Waals surface area contributed by atoms with Crippen molar-refractivity contribution in [3.05, 3.63) is 29.3 Å². The molecule has 0 bridgehead atoms. The van der Waals surface area contributed by atoms with Crippen LogP contribution in [0.5, 0.6) is 0 Å². The van der Waals surface area contributed by atoms with Gasteiger partial charge in [-0.3, -0.25) is 4.99 Å². The van der Waals surface area contributed by atoms with Gasteiger partial charge in [0.05, 0.1) is 15.2 Å². The fourth-order valence-electron chi connectivity index (χ4n) is 3.00. The molecule has 4 nitrogen and oxygen atoms in total. The van der Waals surface area contributed by atoms with Crippen molar-refractivity contribution in [2.45, 2.75) is 31.4 Å². The molecule has 1 aromatic heterocycles. The Kier molecular flexibility index (Phi) is 5.66. The number of aromatic nitrogens is 1. The number of rotatable bonds is 4. The molecule has 1 aliphatic heterocycles. The Morgan fingerprint density at radius 2 is 2.21 bits per heavy atom. The van der Waals surface area contributed by atoms with E-state index in [9.17, 15) is 0 Å². The molecule has 3 rings (SSSR count). The minimum Gasteiger partial charge on any atom is -0.356 e. The summed E-state index contributed by atoms with van der Waals surface area (Å²) in [6.45, 7) is 7.68. The maximum absolute atomic E-state index is 4.71. The molecule has 24 heavy (non-hydrogen) atoms. The summed E-state index contributed by atoms with van der Waals surface area (Å²) >= 11 is 3.86. The first kappa shape index (κ1) is 17.5. The first-order valence-electron chi connectivity index (χ1n) is 8.51. The van der Waals surface area contributed by atoms with Crippen molar-refractivity contribution in [1.29, 1.82) is 0 Å². The monoisotopic (exact) mass is 362 g/mol. The highest BCUT2D eigenvalue weighted by molar-refractivity contribution is 8.00. The highest BCUT2D eigenvalue weighted by atomic mass is 32.2. The third kappa shape index (κ3) is 4.42. The van der Waals surface area contributed by atoms with Crippen molar-refractivity contribution >= 4 is 39.3 Å². The number of aliphatic imine (C=N–C) groups is 1. The van der Waals surface area contributed by atoms with Crippen molar-refractivity contribution in [3.63, 3.8) is 0 Å². The Bertz CT molecular complexity index is 675. The van der Waals surface area contributed by atoms with E-state index in [-0.39, 0.29) is 0 Å². The van der Waals surface area contributed by atoms with Crippen LogP contribution >= 0.6 is 23.1 Å². The molecule has 1 fully saturated rings. The van der Waals surface area contributed by atoms with Gasteiger partial charge in [-0.25, -0.2) is 4.98 Å². The molecule has 2 heterocycles. The molecule has 1 aromatic carbocycles. The van der Waals surface area contributed by atoms with Gasteiger partial charge in [-0.05, 0) is 32.4 Å². The van der Waals surface area contributed by atoms with Crippen molar-refractivity contribution in [3.8, 4) is 0 Å². The zero-order valence-electron chi connectivity index (χ0n) is 14.7. The van der Waals surface area contributed by atoms with E-state index in [1.165, 1.54) is 15.5 Å². The van der Waals surface area contributed by atoms with Crippen LogP contribution in [-0.2, 0) is 6.42 Å². The lowest BCUT2D eigenvalue weighted by Gasteiger charge is -2.39. The number of para-hydroxylation sites is 1. The van der Waals surface area contributed by atoms with E-state index in [0.29, 0.717) is 4.75 Å². The van der Waals surface area contributed by atoms with Gasteiger partial charge in [0.15, 0.2) is 5.96 Å². The van der Waals surface area contributed by atoms with Gasteiger partial charge >= 0.3 is 0 Å². The molecule has 0 aliphatic carbocycles. The van der Waals surface area contributed by atoms with Crippen LogP contribution in [0.4, 0.5) is 0 Å². The second kappa shape index (κ2) is 7.74. The van der Waals surface area contributed by atoms with E-state index in [0.717, 1.165) is 44.0 Å². The van der Waals surface area contributed by atoms with E-state index in [4.69, 9.17) is 4.98 Å². The van der Waals surface area contributed by atoms with E-state index in [1.54, 1.807) is 0 Å². The topological polar surface area (TPSA) is 40.5 Å². The van der Waals surface area contributed by atoms with Crippen LogP contribution in [0.15, 0.2) is 29.3 Å². The Hall–Kier alpha value is -1.27. The lowest BCUT2D eigenvalue weighted by molar-refractivity contribution is 0.375. The Labute approximate surface area is 152 Å². The summed E-state index contributed by atoms with van der Waals surface area (Å²) in [4.78, 5) is 11.6. The number of fused-ring (bicyclic) bond motifs is 1. The Morgan fingerprint density at radius 3 is 2.96 bits per heavy atom. The molecule has 0 spiro atoms. The Morgan fingerprint density at radius 1 is 1.38 bits per heavy atom. The van der Waals surface area contributed by atoms with Gasteiger partial charge in [-0.15, -0.1) is 11.3 Å². The molecule has 0 amide bonds. The maximum atomic E-state index is 4.71. The van der Waals surface area contributed by atoms with Crippen molar-refractivity contribution in [1.82, 2.24) is 15.2 Å². The highest BCUT2D eigenvalue weighted by Gasteiger charge is 2.28. The molecule has 2 aromatic rings. The standard InChI is InChI=1S/C18H26N4S2/c1-18(2)13-22(11-12-23-18)17(19-3)20-10-6-9-16-21-14-7-4-5-8-15(14)24-16/h4-5,7-8H,6,9-13H2,1-3H3,(H,19,20). The number of aryl methyl sites for hydroxylation is 1. The predicted molar refractivity (Wildman–Crippen MR) is 107 cm³/mol. The number of nitrogens with zero attached hydrogens (tertiary/aromatic N) is 3. The fraction of sp³-hybridized carbons (Fsp3) is 0.556. The van der Waals surface area contributed by atoms with E-state index in [2.05, 4.69) is 53.3 Å². The molecule has 6 heteroatoms. The largest absolute Gasteiger partial charge is 0.356 e. The van der Waals surface area contributed by atoms with Crippen LogP contribution in [0.1, 0.15) is 25.3 Å². The number of guanidine groups is 1. The maximum Gasteiger partial charge on any atom is 0.193 e. The van der Waals surface area contributed by atoms with Crippen LogP contribution in [0.25, 0.3) is 10.2 Å². The summed E-state index contributed by atoms with van der Waals surface area (Å²) in [5, 5.41) is 4.75. The van der Waals surface area contributed by atoms with Crippen LogP contribution in [0.3, 0.4) is 0 Å². The summed E-state index contributed by atoms with van der Waals surface area (Å²) in [7, 11) is 1.88. The quantitative estimate of drug-likeness (QED) is 0.512. The molecule has 130 valence electrons. The molecule has 0 saturated carbocycles. The number of nitrogens with one attached hydrogen (secondary N) is 1. The van der Waals surface area contributed by atoms with Gasteiger partial charge in [-0.1, -0.05) is 12.1 Å². The summed E-state index contributed by atoms with van der Waals surface area (Å²) in [5.41, 5.74) is 1.12. The third-order valence-electron chi connectivity index (χ3n) is 4.13. The van der Waals surface area contributed by atoms with Gasteiger partial charge in [0.2, 0.25) is 0 Å². The van der Waals surface area contributed by atoms with Crippen LogP contribution in [0.2, 0.25) is 0 Å². The molecule has 0 atom stereocenters. The van der Waals surface area contributed by atoms with Gasteiger partial charge in [0.25, 0.3) is 0 Å². The predicted octanol–water partition coefficient (Wildman–Crippen LogP) is 3.63. The van der Waals surface area contributed by atoms with Crippen LogP contribution in [-0.4, -0.2) is 53.0 Å². The summed E-state index contributed by atoms with van der Waals surface area (Å²) in [6.07, 6.45) is 2.09. The molecule has 0 radical (unpaired) electrons. The molecular formula is C18H26N4S2. The molecule has 0 unspecified atom stereocenters. The van der Waals surface area contributed by atoms with Gasteiger partial charge < -0.3 is 10.2 Å². The highest BCUT2D eigenvalue weighted by Crippen LogP contribution is 2.29. The normalized spacial score (nSPS) is 18.1. The van der Waals surface area contributed by atoms with Crippen molar-refractivity contribution < 1.29 is 0 Å².